The molecule has 3 rings (SSSR count). The Balaban J connectivity index is 1.53. The molecule has 0 saturated carbocycles. The Morgan fingerprint density at radius 3 is 2.58 bits per heavy atom. The molecular formula is C16H11BrCl2N4O2S. The van der Waals surface area contributed by atoms with E-state index in [2.05, 4.69) is 36.8 Å². The smallest absolute Gasteiger partial charge is 0.325 e. The number of amides is 2. The van der Waals surface area contributed by atoms with Gasteiger partial charge in [0.15, 0.2) is 5.01 Å². The first-order valence-electron chi connectivity index (χ1n) is 7.23. The summed E-state index contributed by atoms with van der Waals surface area (Å²) in [4.78, 5) is 12.0. The molecule has 3 aromatic rings. The maximum atomic E-state index is 12.0. The number of nitrogens with zero attached hydrogens (tertiary/aromatic N) is 2. The molecule has 26 heavy (non-hydrogen) atoms. The number of hydrogen-bond acceptors (Lipinski definition) is 5. The van der Waals surface area contributed by atoms with Gasteiger partial charge in [-0.2, -0.15) is 0 Å². The number of carbonyl (C=O) groups excluding carboxylic acids is 1. The van der Waals surface area contributed by atoms with Gasteiger partial charge in [0.05, 0.1) is 10.0 Å². The summed E-state index contributed by atoms with van der Waals surface area (Å²) in [6.45, 7) is 0.259. The fourth-order valence-corrected chi connectivity index (χ4v) is 3.08. The number of halogens is 3. The van der Waals surface area contributed by atoms with Crippen LogP contribution in [-0.2, 0) is 6.61 Å². The molecule has 0 unspecified atom stereocenters. The van der Waals surface area contributed by atoms with E-state index in [1.165, 1.54) is 11.3 Å². The van der Waals surface area contributed by atoms with Gasteiger partial charge < -0.3 is 10.1 Å². The van der Waals surface area contributed by atoms with Crippen LogP contribution in [0.1, 0.15) is 5.01 Å². The van der Waals surface area contributed by atoms with E-state index >= 15 is 0 Å². The predicted molar refractivity (Wildman–Crippen MR) is 107 cm³/mol. The standard InChI is InChI=1S/C16H11BrCl2N4O2S/c17-9-1-4-11(5-2-9)25-8-14-22-23-16(26-14)21-15(24)20-10-3-6-12(18)13(19)7-10/h1-7H,8H2,(H2,20,21,23,24). The number of hydrogen-bond donors (Lipinski definition) is 2. The zero-order valence-corrected chi connectivity index (χ0v) is 16.9. The topological polar surface area (TPSA) is 76.1 Å². The van der Waals surface area contributed by atoms with E-state index < -0.39 is 6.03 Å². The average molecular weight is 474 g/mol. The molecule has 0 aliphatic heterocycles. The van der Waals surface area contributed by atoms with Crippen molar-refractivity contribution in [2.24, 2.45) is 0 Å². The van der Waals surface area contributed by atoms with Gasteiger partial charge in [0, 0.05) is 10.2 Å². The monoisotopic (exact) mass is 472 g/mol. The fraction of sp³-hybridized carbons (Fsp3) is 0.0625. The van der Waals surface area contributed by atoms with Crippen molar-refractivity contribution in [3.05, 3.63) is 62.0 Å². The largest absolute Gasteiger partial charge is 0.486 e. The van der Waals surface area contributed by atoms with Gasteiger partial charge in [-0.15, -0.1) is 10.2 Å². The Morgan fingerprint density at radius 2 is 1.85 bits per heavy atom. The van der Waals surface area contributed by atoms with Crippen LogP contribution >= 0.6 is 50.5 Å². The highest BCUT2D eigenvalue weighted by atomic mass is 79.9. The normalized spacial score (nSPS) is 10.4. The summed E-state index contributed by atoms with van der Waals surface area (Å²) in [5.41, 5.74) is 0.514. The van der Waals surface area contributed by atoms with Crippen LogP contribution in [0.2, 0.25) is 10.0 Å². The summed E-state index contributed by atoms with van der Waals surface area (Å²) in [7, 11) is 0. The molecule has 1 aromatic heterocycles. The molecule has 0 aliphatic carbocycles. The van der Waals surface area contributed by atoms with E-state index in [4.69, 9.17) is 27.9 Å². The van der Waals surface area contributed by atoms with Crippen LogP contribution in [0.4, 0.5) is 15.6 Å². The van der Waals surface area contributed by atoms with Gasteiger partial charge in [-0.3, -0.25) is 5.32 Å². The van der Waals surface area contributed by atoms with Crippen LogP contribution in [0.25, 0.3) is 0 Å². The number of nitrogens with one attached hydrogen (secondary N) is 2. The average Bonchev–Trinajstić information content (AvgIpc) is 3.05. The van der Waals surface area contributed by atoms with Crippen LogP contribution < -0.4 is 15.4 Å². The Labute approximate surface area is 171 Å². The molecule has 0 spiro atoms. The molecule has 0 atom stereocenters. The van der Waals surface area contributed by atoms with Crippen molar-refractivity contribution >= 4 is 67.3 Å². The molecular weight excluding hydrogens is 463 g/mol. The zero-order chi connectivity index (χ0) is 18.5. The lowest BCUT2D eigenvalue weighted by atomic mass is 10.3. The van der Waals surface area contributed by atoms with Gasteiger partial charge in [-0.1, -0.05) is 50.5 Å². The minimum Gasteiger partial charge on any atom is -0.486 e. The number of ether oxygens (including phenoxy) is 1. The van der Waals surface area contributed by atoms with Crippen LogP contribution in [0.3, 0.4) is 0 Å². The number of anilines is 2. The lowest BCUT2D eigenvalue weighted by Gasteiger charge is -2.06. The van der Waals surface area contributed by atoms with Crippen LogP contribution in [-0.4, -0.2) is 16.2 Å². The zero-order valence-electron chi connectivity index (χ0n) is 13.0. The molecule has 10 heteroatoms. The number of rotatable bonds is 5. The molecule has 0 saturated heterocycles. The van der Waals surface area contributed by atoms with Gasteiger partial charge in [0.1, 0.15) is 12.4 Å². The van der Waals surface area contributed by atoms with Crippen molar-refractivity contribution in [1.82, 2.24) is 10.2 Å². The molecule has 0 aliphatic rings. The molecule has 2 aromatic carbocycles. The second-order valence-corrected chi connectivity index (χ2v) is 7.74. The number of aromatic nitrogens is 2. The third-order valence-corrected chi connectivity index (χ3v) is 5.12. The van der Waals surface area contributed by atoms with Gasteiger partial charge in [-0.25, -0.2) is 4.79 Å². The van der Waals surface area contributed by atoms with Crippen molar-refractivity contribution in [2.45, 2.75) is 6.61 Å². The quantitative estimate of drug-likeness (QED) is 0.488. The summed E-state index contributed by atoms with van der Waals surface area (Å²) in [6, 6.07) is 11.8. The van der Waals surface area contributed by atoms with Crippen molar-refractivity contribution in [3.63, 3.8) is 0 Å². The first kappa shape index (κ1) is 18.9. The number of carbonyl (C=O) groups is 1. The minimum absolute atomic E-state index is 0.259. The summed E-state index contributed by atoms with van der Waals surface area (Å²) >= 11 is 16.3. The SMILES string of the molecule is O=C(Nc1ccc(Cl)c(Cl)c1)Nc1nnc(COc2ccc(Br)cc2)s1. The maximum absolute atomic E-state index is 12.0. The van der Waals surface area contributed by atoms with Crippen LogP contribution in [0, 0.1) is 0 Å². The van der Waals surface area contributed by atoms with Crippen LogP contribution in [0.15, 0.2) is 46.9 Å². The van der Waals surface area contributed by atoms with Gasteiger partial charge in [-0.05, 0) is 42.5 Å². The molecule has 2 amide bonds. The molecule has 0 fully saturated rings. The Hall–Kier alpha value is -1.87. The van der Waals surface area contributed by atoms with E-state index in [1.807, 2.05) is 24.3 Å². The number of benzene rings is 2. The first-order valence-corrected chi connectivity index (χ1v) is 9.60. The van der Waals surface area contributed by atoms with E-state index in [0.717, 1.165) is 10.2 Å². The second-order valence-electron chi connectivity index (χ2n) is 4.95. The van der Waals surface area contributed by atoms with Crippen molar-refractivity contribution in [3.8, 4) is 5.75 Å². The highest BCUT2D eigenvalue weighted by Gasteiger charge is 2.10. The van der Waals surface area contributed by atoms with E-state index in [-0.39, 0.29) is 6.61 Å². The van der Waals surface area contributed by atoms with E-state index in [9.17, 15) is 4.79 Å². The van der Waals surface area contributed by atoms with Crippen molar-refractivity contribution in [1.29, 1.82) is 0 Å². The fourth-order valence-electron chi connectivity index (χ4n) is 1.87. The predicted octanol–water partition coefficient (Wildman–Crippen LogP) is 5.83. The summed E-state index contributed by atoms with van der Waals surface area (Å²) in [5, 5.41) is 14.9. The molecule has 6 nitrogen and oxygen atoms in total. The Morgan fingerprint density at radius 1 is 1.08 bits per heavy atom. The highest BCUT2D eigenvalue weighted by Crippen LogP contribution is 2.25. The number of urea groups is 1. The molecule has 0 radical (unpaired) electrons. The third kappa shape index (κ3) is 5.31. The summed E-state index contributed by atoms with van der Waals surface area (Å²) in [5.74, 6) is 0.718. The van der Waals surface area contributed by atoms with E-state index in [1.54, 1.807) is 18.2 Å². The second kappa shape index (κ2) is 8.68. The van der Waals surface area contributed by atoms with Crippen LogP contribution in [0.5, 0.6) is 5.75 Å². The molecule has 0 bridgehead atoms. The van der Waals surface area contributed by atoms with Crippen molar-refractivity contribution < 1.29 is 9.53 Å². The van der Waals surface area contributed by atoms with E-state index in [0.29, 0.717) is 25.9 Å². The van der Waals surface area contributed by atoms with Crippen molar-refractivity contribution in [2.75, 3.05) is 10.6 Å². The van der Waals surface area contributed by atoms with Gasteiger partial charge in [0.25, 0.3) is 0 Å². The molecule has 1 heterocycles. The lowest BCUT2D eigenvalue weighted by Crippen LogP contribution is -2.19. The van der Waals surface area contributed by atoms with Gasteiger partial charge in [0.2, 0.25) is 5.13 Å². The molecule has 2 N–H and O–H groups in total. The minimum atomic E-state index is -0.458. The third-order valence-electron chi connectivity index (χ3n) is 3.04. The Bertz CT molecular complexity index is 921. The maximum Gasteiger partial charge on any atom is 0.325 e. The first-order chi connectivity index (χ1) is 12.5. The summed E-state index contributed by atoms with van der Waals surface area (Å²) in [6.07, 6.45) is 0. The lowest BCUT2D eigenvalue weighted by molar-refractivity contribution is 0.262. The highest BCUT2D eigenvalue weighted by molar-refractivity contribution is 9.10. The molecule has 134 valence electrons. The van der Waals surface area contributed by atoms with Gasteiger partial charge >= 0.3 is 6.03 Å². The Kier molecular flexibility index (Phi) is 6.31. The summed E-state index contributed by atoms with van der Waals surface area (Å²) < 4.78 is 6.59.